The van der Waals surface area contributed by atoms with Crippen molar-refractivity contribution < 1.29 is 4.74 Å². The lowest BCUT2D eigenvalue weighted by Gasteiger charge is -2.31. The Balaban J connectivity index is 2.46. The fraction of sp³-hybridized carbons (Fsp3) is 0.600. The summed E-state index contributed by atoms with van der Waals surface area (Å²) in [6.45, 7) is 9.60. The molecule has 1 nitrogen and oxygen atoms in total. The minimum atomic E-state index is 0.265. The van der Waals surface area contributed by atoms with Crippen LogP contribution in [0.15, 0.2) is 25.3 Å². The molecule has 0 aliphatic carbocycles. The molecule has 62 valence electrons. The van der Waals surface area contributed by atoms with Crippen LogP contribution in [0, 0.1) is 5.92 Å². The largest absolute Gasteiger partial charge is 0.371 e. The molecule has 0 unspecified atom stereocenters. The maximum absolute atomic E-state index is 5.65. The van der Waals surface area contributed by atoms with E-state index in [9.17, 15) is 0 Å². The lowest BCUT2D eigenvalue weighted by Crippen LogP contribution is -2.30. The normalized spacial score (nSPS) is 38.1. The third-order valence-electron chi connectivity index (χ3n) is 2.34. The molecule has 1 fully saturated rings. The van der Waals surface area contributed by atoms with E-state index in [1.807, 2.05) is 12.2 Å². The molecule has 0 aromatic rings. The van der Waals surface area contributed by atoms with Crippen molar-refractivity contribution in [1.29, 1.82) is 0 Å². The third kappa shape index (κ3) is 1.93. The zero-order valence-corrected chi connectivity index (χ0v) is 7.12. The van der Waals surface area contributed by atoms with Gasteiger partial charge in [0.1, 0.15) is 0 Å². The second-order valence-corrected chi connectivity index (χ2v) is 3.09. The molecule has 1 aliphatic heterocycles. The van der Waals surface area contributed by atoms with Gasteiger partial charge in [0.2, 0.25) is 0 Å². The van der Waals surface area contributed by atoms with E-state index in [1.54, 1.807) is 0 Å². The van der Waals surface area contributed by atoms with Gasteiger partial charge in [-0.1, -0.05) is 12.2 Å². The van der Waals surface area contributed by atoms with Crippen LogP contribution in [0.4, 0.5) is 0 Å². The van der Waals surface area contributed by atoms with E-state index in [2.05, 4.69) is 20.1 Å². The Hall–Kier alpha value is -0.560. The average Bonchev–Trinajstić information content (AvgIpc) is 2.04. The lowest BCUT2D eigenvalue weighted by molar-refractivity contribution is -0.0375. The van der Waals surface area contributed by atoms with E-state index in [-0.39, 0.29) is 6.10 Å². The first-order chi connectivity index (χ1) is 5.27. The summed E-state index contributed by atoms with van der Waals surface area (Å²) in [5.41, 5.74) is 0. The van der Waals surface area contributed by atoms with Gasteiger partial charge in [0, 0.05) is 5.92 Å². The van der Waals surface area contributed by atoms with Crippen molar-refractivity contribution in [3.8, 4) is 0 Å². The molecular formula is C10H16O. The van der Waals surface area contributed by atoms with Gasteiger partial charge in [0.25, 0.3) is 0 Å². The summed E-state index contributed by atoms with van der Waals surface area (Å²) in [7, 11) is 0. The topological polar surface area (TPSA) is 9.23 Å². The summed E-state index contributed by atoms with van der Waals surface area (Å²) in [6.07, 6.45) is 6.72. The van der Waals surface area contributed by atoms with Gasteiger partial charge in [-0.05, 0) is 19.8 Å². The summed E-state index contributed by atoms with van der Waals surface area (Å²) in [5.74, 6) is 0.534. The van der Waals surface area contributed by atoms with Crippen LogP contribution < -0.4 is 0 Å². The van der Waals surface area contributed by atoms with Crippen LogP contribution in [-0.4, -0.2) is 12.2 Å². The highest BCUT2D eigenvalue weighted by Crippen LogP contribution is 2.25. The monoisotopic (exact) mass is 152 g/mol. The Morgan fingerprint density at radius 1 is 1.27 bits per heavy atom. The number of ether oxygens (including phenoxy) is 1. The maximum Gasteiger partial charge on any atom is 0.0757 e. The van der Waals surface area contributed by atoms with E-state index in [0.29, 0.717) is 12.0 Å². The molecule has 0 aromatic carbocycles. The van der Waals surface area contributed by atoms with Crippen LogP contribution >= 0.6 is 0 Å². The van der Waals surface area contributed by atoms with Gasteiger partial charge in [-0.15, -0.1) is 13.2 Å². The molecule has 11 heavy (non-hydrogen) atoms. The molecule has 0 radical (unpaired) electrons. The van der Waals surface area contributed by atoms with Gasteiger partial charge in [-0.2, -0.15) is 0 Å². The predicted octanol–water partition coefficient (Wildman–Crippen LogP) is 2.54. The highest BCUT2D eigenvalue weighted by Gasteiger charge is 2.23. The van der Waals surface area contributed by atoms with Crippen molar-refractivity contribution in [1.82, 2.24) is 0 Å². The van der Waals surface area contributed by atoms with Crippen LogP contribution in [-0.2, 0) is 4.74 Å². The van der Waals surface area contributed by atoms with Gasteiger partial charge < -0.3 is 4.74 Å². The molecule has 3 atom stereocenters. The lowest BCUT2D eigenvalue weighted by atomic mass is 9.93. The van der Waals surface area contributed by atoms with Crippen LogP contribution in [0.25, 0.3) is 0 Å². The summed E-state index contributed by atoms with van der Waals surface area (Å²) < 4.78 is 5.65. The quantitative estimate of drug-likeness (QED) is 0.552. The van der Waals surface area contributed by atoms with Crippen LogP contribution in [0.3, 0.4) is 0 Å². The van der Waals surface area contributed by atoms with Gasteiger partial charge in [-0.3, -0.25) is 0 Å². The minimum absolute atomic E-state index is 0.265. The summed E-state index contributed by atoms with van der Waals surface area (Å²) in [4.78, 5) is 0. The first kappa shape index (κ1) is 8.54. The predicted molar refractivity (Wildman–Crippen MR) is 47.5 cm³/mol. The molecule has 1 heterocycles. The van der Waals surface area contributed by atoms with Gasteiger partial charge in [-0.25, -0.2) is 0 Å². The number of rotatable bonds is 2. The summed E-state index contributed by atoms with van der Waals surface area (Å²) in [6, 6.07) is 0. The highest BCUT2D eigenvalue weighted by molar-refractivity contribution is 4.92. The standard InChI is InChI=1S/C10H16O/c1-4-9-6-7-10(5-2)11-8(9)3/h4-5,8-10H,1-2,6-7H2,3H3/t8-,9+,10-/m1/s1. The fourth-order valence-corrected chi connectivity index (χ4v) is 1.52. The Morgan fingerprint density at radius 3 is 2.45 bits per heavy atom. The Labute approximate surface area is 68.8 Å². The van der Waals surface area contributed by atoms with Crippen LogP contribution in [0.5, 0.6) is 0 Å². The average molecular weight is 152 g/mol. The van der Waals surface area contributed by atoms with E-state index >= 15 is 0 Å². The van der Waals surface area contributed by atoms with Gasteiger partial charge >= 0.3 is 0 Å². The number of hydrogen-bond donors (Lipinski definition) is 0. The zero-order valence-electron chi connectivity index (χ0n) is 7.12. The van der Waals surface area contributed by atoms with E-state index in [0.717, 1.165) is 6.42 Å². The smallest absolute Gasteiger partial charge is 0.0757 e. The molecule has 0 amide bonds. The number of hydrogen-bond acceptors (Lipinski definition) is 1. The van der Waals surface area contributed by atoms with E-state index in [1.165, 1.54) is 6.42 Å². The van der Waals surface area contributed by atoms with E-state index < -0.39 is 0 Å². The first-order valence-electron chi connectivity index (χ1n) is 4.18. The fourth-order valence-electron chi connectivity index (χ4n) is 1.52. The van der Waals surface area contributed by atoms with Crippen LogP contribution in [0.2, 0.25) is 0 Å². The van der Waals surface area contributed by atoms with Crippen molar-refractivity contribution in [2.45, 2.75) is 32.0 Å². The molecular weight excluding hydrogens is 136 g/mol. The molecule has 1 aliphatic rings. The molecule has 0 saturated carbocycles. The van der Waals surface area contributed by atoms with Crippen molar-refractivity contribution in [2.24, 2.45) is 5.92 Å². The Bertz CT molecular complexity index is 151. The molecule has 0 spiro atoms. The molecule has 1 heteroatoms. The minimum Gasteiger partial charge on any atom is -0.371 e. The van der Waals surface area contributed by atoms with Gasteiger partial charge in [0.05, 0.1) is 12.2 Å². The summed E-state index contributed by atoms with van der Waals surface area (Å²) >= 11 is 0. The zero-order chi connectivity index (χ0) is 8.27. The third-order valence-corrected chi connectivity index (χ3v) is 2.34. The van der Waals surface area contributed by atoms with Crippen LogP contribution in [0.1, 0.15) is 19.8 Å². The molecule has 1 saturated heterocycles. The van der Waals surface area contributed by atoms with Crippen molar-refractivity contribution >= 4 is 0 Å². The second-order valence-electron chi connectivity index (χ2n) is 3.09. The molecule has 0 bridgehead atoms. The summed E-state index contributed by atoms with van der Waals surface area (Å²) in [5, 5.41) is 0. The molecule has 1 rings (SSSR count). The molecule has 0 aromatic heterocycles. The van der Waals surface area contributed by atoms with Gasteiger partial charge in [0.15, 0.2) is 0 Å². The van der Waals surface area contributed by atoms with Crippen molar-refractivity contribution in [3.63, 3.8) is 0 Å². The van der Waals surface area contributed by atoms with Crippen molar-refractivity contribution in [2.75, 3.05) is 0 Å². The first-order valence-corrected chi connectivity index (χ1v) is 4.18. The SMILES string of the molecule is C=C[C@@H]1CC[C@H](C=C)[C@@H](C)O1. The van der Waals surface area contributed by atoms with Crippen molar-refractivity contribution in [3.05, 3.63) is 25.3 Å². The van der Waals surface area contributed by atoms with E-state index in [4.69, 9.17) is 4.74 Å². The molecule has 0 N–H and O–H groups in total. The second kappa shape index (κ2) is 3.72. The maximum atomic E-state index is 5.65. The Morgan fingerprint density at radius 2 is 2.00 bits per heavy atom. The highest BCUT2D eigenvalue weighted by atomic mass is 16.5. The Kier molecular flexibility index (Phi) is 2.89.